The Bertz CT molecular complexity index is 1450. The van der Waals surface area contributed by atoms with Crippen LogP contribution >= 0.6 is 0 Å². The largest absolute Gasteiger partial charge is 0.507 e. The quantitative estimate of drug-likeness (QED) is 0.240. The molecule has 1 fully saturated rings. The number of hydrogen-bond donors (Lipinski definition) is 1. The number of amides is 1. The van der Waals surface area contributed by atoms with Gasteiger partial charge in [-0.3, -0.25) is 14.5 Å². The maximum atomic E-state index is 13.7. The van der Waals surface area contributed by atoms with Gasteiger partial charge in [0.2, 0.25) is 0 Å². The van der Waals surface area contributed by atoms with Crippen LogP contribution in [0.2, 0.25) is 0 Å². The van der Waals surface area contributed by atoms with Crippen molar-refractivity contribution in [3.63, 3.8) is 0 Å². The first-order valence-electron chi connectivity index (χ1n) is 12.8. The zero-order valence-electron chi connectivity index (χ0n) is 23.8. The fraction of sp³-hybridized carbons (Fsp3) is 0.312. The molecule has 3 aromatic carbocycles. The number of hydrogen-bond acceptors (Lipinski definition) is 6. The van der Waals surface area contributed by atoms with Gasteiger partial charge in [-0.15, -0.1) is 0 Å². The standard InChI is InChI=1S/C32H36N2O5/c1-19-9-12-21(32(2,3)4)17-24(19)29(35)27-28(20-10-13-22(14-11-20)33(5)6)34(31(37)30(27)36)23-15-16-25(38-7)26(18-23)39-8/h9-18,28,35H,1-8H3/b29-27+. The number of ether oxygens (including phenoxy) is 2. The molecule has 1 aliphatic rings. The van der Waals surface area contributed by atoms with E-state index in [1.807, 2.05) is 68.4 Å². The maximum Gasteiger partial charge on any atom is 0.300 e. The average Bonchev–Trinajstić information content (AvgIpc) is 3.17. The van der Waals surface area contributed by atoms with Gasteiger partial charge in [0, 0.05) is 37.1 Å². The molecule has 0 aromatic heterocycles. The highest BCUT2D eigenvalue weighted by molar-refractivity contribution is 6.51. The Kier molecular flexibility index (Phi) is 7.46. The lowest BCUT2D eigenvalue weighted by Gasteiger charge is -2.27. The van der Waals surface area contributed by atoms with E-state index in [1.54, 1.807) is 18.2 Å². The van der Waals surface area contributed by atoms with E-state index in [1.165, 1.54) is 19.1 Å². The minimum absolute atomic E-state index is 0.0431. The Balaban J connectivity index is 1.98. The summed E-state index contributed by atoms with van der Waals surface area (Å²) in [5.74, 6) is -0.743. The van der Waals surface area contributed by atoms with E-state index in [-0.39, 0.29) is 16.7 Å². The smallest absolute Gasteiger partial charge is 0.300 e. The van der Waals surface area contributed by atoms with Crippen molar-refractivity contribution in [2.24, 2.45) is 0 Å². The second-order valence-electron chi connectivity index (χ2n) is 11.0. The lowest BCUT2D eigenvalue weighted by molar-refractivity contribution is -0.132. The fourth-order valence-corrected chi connectivity index (χ4v) is 4.83. The number of anilines is 2. The second-order valence-corrected chi connectivity index (χ2v) is 11.0. The van der Waals surface area contributed by atoms with Crippen molar-refractivity contribution in [3.05, 3.63) is 88.5 Å². The molecule has 4 rings (SSSR count). The van der Waals surface area contributed by atoms with Crippen LogP contribution in [0, 0.1) is 6.92 Å². The van der Waals surface area contributed by atoms with Crippen LogP contribution in [0.5, 0.6) is 11.5 Å². The summed E-state index contributed by atoms with van der Waals surface area (Å²) in [5.41, 5.74) is 4.34. The van der Waals surface area contributed by atoms with E-state index in [9.17, 15) is 14.7 Å². The van der Waals surface area contributed by atoms with Gasteiger partial charge < -0.3 is 19.5 Å². The van der Waals surface area contributed by atoms with Crippen LogP contribution < -0.4 is 19.3 Å². The third-order valence-electron chi connectivity index (χ3n) is 7.17. The topological polar surface area (TPSA) is 79.3 Å². The van der Waals surface area contributed by atoms with Gasteiger partial charge in [-0.1, -0.05) is 45.0 Å². The van der Waals surface area contributed by atoms with Crippen molar-refractivity contribution in [1.29, 1.82) is 0 Å². The third kappa shape index (κ3) is 5.09. The van der Waals surface area contributed by atoms with Gasteiger partial charge in [-0.05, 0) is 59.4 Å². The monoisotopic (exact) mass is 528 g/mol. The zero-order valence-corrected chi connectivity index (χ0v) is 23.8. The van der Waals surface area contributed by atoms with Crippen LogP contribution in [0.15, 0.2) is 66.2 Å². The normalized spacial score (nSPS) is 16.9. The predicted octanol–water partition coefficient (Wildman–Crippen LogP) is 6.00. The van der Waals surface area contributed by atoms with Gasteiger partial charge in [0.05, 0.1) is 25.8 Å². The van der Waals surface area contributed by atoms with E-state index < -0.39 is 17.7 Å². The molecule has 1 amide bonds. The van der Waals surface area contributed by atoms with Gasteiger partial charge >= 0.3 is 0 Å². The highest BCUT2D eigenvalue weighted by Crippen LogP contribution is 2.45. The van der Waals surface area contributed by atoms with Gasteiger partial charge in [-0.25, -0.2) is 0 Å². The number of carbonyl (C=O) groups is 2. The molecule has 7 nitrogen and oxygen atoms in total. The number of benzene rings is 3. The summed E-state index contributed by atoms with van der Waals surface area (Å²) in [6.45, 7) is 8.14. The lowest BCUT2D eigenvalue weighted by Crippen LogP contribution is -2.29. The Labute approximate surface area is 230 Å². The predicted molar refractivity (Wildman–Crippen MR) is 155 cm³/mol. The molecule has 1 heterocycles. The Hall–Kier alpha value is -4.26. The molecular formula is C32H36N2O5. The number of aryl methyl sites for hydroxylation is 1. The molecule has 0 bridgehead atoms. The van der Waals surface area contributed by atoms with Crippen LogP contribution in [-0.4, -0.2) is 45.1 Å². The van der Waals surface area contributed by atoms with Crippen LogP contribution in [0.4, 0.5) is 11.4 Å². The molecule has 204 valence electrons. The summed E-state index contributed by atoms with van der Waals surface area (Å²) in [5, 5.41) is 11.7. The third-order valence-corrected chi connectivity index (χ3v) is 7.17. The summed E-state index contributed by atoms with van der Waals surface area (Å²) in [7, 11) is 6.92. The molecule has 39 heavy (non-hydrogen) atoms. The van der Waals surface area contributed by atoms with Gasteiger partial charge in [-0.2, -0.15) is 0 Å². The molecule has 0 radical (unpaired) electrons. The van der Waals surface area contributed by atoms with E-state index in [2.05, 4.69) is 20.8 Å². The van der Waals surface area contributed by atoms with E-state index in [0.717, 1.165) is 16.8 Å². The first-order chi connectivity index (χ1) is 18.4. The highest BCUT2D eigenvalue weighted by atomic mass is 16.5. The minimum atomic E-state index is -0.850. The molecule has 1 N–H and O–H groups in total. The van der Waals surface area contributed by atoms with E-state index >= 15 is 0 Å². The second kappa shape index (κ2) is 10.5. The number of carbonyl (C=O) groups excluding carboxylic acids is 2. The highest BCUT2D eigenvalue weighted by Gasteiger charge is 2.47. The number of rotatable bonds is 6. The van der Waals surface area contributed by atoms with Crippen molar-refractivity contribution >= 4 is 28.8 Å². The Morgan fingerprint density at radius 1 is 0.897 bits per heavy atom. The van der Waals surface area contributed by atoms with Crippen molar-refractivity contribution in [3.8, 4) is 11.5 Å². The van der Waals surface area contributed by atoms with E-state index in [0.29, 0.717) is 28.3 Å². The van der Waals surface area contributed by atoms with Crippen LogP contribution in [0.25, 0.3) is 5.76 Å². The number of aliphatic hydroxyl groups is 1. The lowest BCUT2D eigenvalue weighted by atomic mass is 9.84. The van der Waals surface area contributed by atoms with E-state index in [4.69, 9.17) is 9.47 Å². The SMILES string of the molecule is COc1ccc(N2C(=O)C(=O)/C(=C(/O)c3cc(C(C)(C)C)ccc3C)C2c2ccc(N(C)C)cc2)cc1OC. The molecule has 0 saturated carbocycles. The van der Waals surface area contributed by atoms with Crippen LogP contribution in [0.3, 0.4) is 0 Å². The number of aliphatic hydroxyl groups excluding tert-OH is 1. The fourth-order valence-electron chi connectivity index (χ4n) is 4.83. The number of nitrogens with zero attached hydrogens (tertiary/aromatic N) is 2. The molecule has 7 heteroatoms. The molecular weight excluding hydrogens is 492 g/mol. The first kappa shape index (κ1) is 27.8. The molecule has 1 saturated heterocycles. The molecule has 0 aliphatic carbocycles. The van der Waals surface area contributed by atoms with Crippen LogP contribution in [0.1, 0.15) is 49.1 Å². The summed E-state index contributed by atoms with van der Waals surface area (Å²) in [6.07, 6.45) is 0. The summed E-state index contributed by atoms with van der Waals surface area (Å²) in [4.78, 5) is 30.7. The van der Waals surface area contributed by atoms with Crippen molar-refractivity contribution in [2.75, 3.05) is 38.1 Å². The van der Waals surface area contributed by atoms with Crippen LogP contribution in [-0.2, 0) is 15.0 Å². The number of methoxy groups -OCH3 is 2. The molecule has 1 unspecified atom stereocenters. The molecule has 0 spiro atoms. The summed E-state index contributed by atoms with van der Waals surface area (Å²) < 4.78 is 10.8. The van der Waals surface area contributed by atoms with Crippen molar-refractivity contribution in [2.45, 2.75) is 39.2 Å². The number of ketones is 1. The Morgan fingerprint density at radius 2 is 1.54 bits per heavy atom. The maximum absolute atomic E-state index is 13.7. The molecule has 3 aromatic rings. The zero-order chi connectivity index (χ0) is 28.6. The molecule has 1 atom stereocenters. The van der Waals surface area contributed by atoms with Crippen molar-refractivity contribution in [1.82, 2.24) is 0 Å². The summed E-state index contributed by atoms with van der Waals surface area (Å²) in [6, 6.07) is 17.7. The average molecular weight is 529 g/mol. The first-order valence-corrected chi connectivity index (χ1v) is 12.8. The Morgan fingerprint density at radius 3 is 2.10 bits per heavy atom. The van der Waals surface area contributed by atoms with Gasteiger partial charge in [0.25, 0.3) is 11.7 Å². The minimum Gasteiger partial charge on any atom is -0.507 e. The van der Waals surface area contributed by atoms with Gasteiger partial charge in [0.15, 0.2) is 11.5 Å². The summed E-state index contributed by atoms with van der Waals surface area (Å²) >= 11 is 0. The number of Topliss-reactive ketones (excluding diaryl/α,β-unsaturated/α-hetero) is 1. The van der Waals surface area contributed by atoms with Gasteiger partial charge in [0.1, 0.15) is 5.76 Å². The molecule has 1 aliphatic heterocycles. The van der Waals surface area contributed by atoms with Crippen molar-refractivity contribution < 1.29 is 24.2 Å².